The highest BCUT2D eigenvalue weighted by atomic mass is 35.5. The number of benzene rings is 2. The number of fused-ring (bicyclic) bond motifs is 1. The van der Waals surface area contributed by atoms with E-state index in [1.54, 1.807) is 34.9 Å². The molecule has 1 unspecified atom stereocenters. The van der Waals surface area contributed by atoms with Gasteiger partial charge >= 0.3 is 0 Å². The van der Waals surface area contributed by atoms with Crippen molar-refractivity contribution in [1.82, 2.24) is 14.2 Å². The van der Waals surface area contributed by atoms with Gasteiger partial charge in [0.05, 0.1) is 4.90 Å². The molecule has 0 bridgehead atoms. The zero-order valence-corrected chi connectivity index (χ0v) is 17.4. The topological polar surface area (TPSA) is 53.5 Å². The van der Waals surface area contributed by atoms with Gasteiger partial charge in [0.15, 0.2) is 0 Å². The van der Waals surface area contributed by atoms with Crippen LogP contribution in [0.15, 0.2) is 78.0 Å². The van der Waals surface area contributed by atoms with E-state index < -0.39 is 10.0 Å². The number of hydrogen-bond donors (Lipinski definition) is 0. The fourth-order valence-corrected chi connectivity index (χ4v) is 5.43. The second-order valence-corrected chi connectivity index (χ2v) is 9.29. The molecule has 1 aliphatic rings. The number of rotatable bonds is 5. The van der Waals surface area contributed by atoms with E-state index in [0.29, 0.717) is 36.5 Å². The summed E-state index contributed by atoms with van der Waals surface area (Å²) in [5.41, 5.74) is 0.813. The minimum atomic E-state index is -3.58. The van der Waals surface area contributed by atoms with E-state index in [1.165, 1.54) is 0 Å². The number of hydrogen-bond acceptors (Lipinski definition) is 4. The van der Waals surface area contributed by atoms with Crippen molar-refractivity contribution in [1.29, 1.82) is 0 Å². The van der Waals surface area contributed by atoms with Gasteiger partial charge < -0.3 is 0 Å². The second-order valence-electron chi connectivity index (χ2n) is 6.94. The summed E-state index contributed by atoms with van der Waals surface area (Å²) in [7, 11) is -3.58. The Labute approximate surface area is 176 Å². The molecule has 1 aliphatic heterocycles. The maximum absolute atomic E-state index is 13.2. The van der Waals surface area contributed by atoms with E-state index in [2.05, 4.69) is 9.88 Å². The molecule has 1 fully saturated rings. The molecule has 1 saturated heterocycles. The highest BCUT2D eigenvalue weighted by Gasteiger charge is 2.31. The van der Waals surface area contributed by atoms with Crippen molar-refractivity contribution in [2.45, 2.75) is 10.4 Å². The van der Waals surface area contributed by atoms with Crippen LogP contribution >= 0.6 is 11.6 Å². The predicted molar refractivity (Wildman–Crippen MR) is 117 cm³/mol. The molecular weight excluding hydrogens is 406 g/mol. The van der Waals surface area contributed by atoms with Gasteiger partial charge in [-0.1, -0.05) is 54.6 Å². The number of piperazine rings is 1. The minimum absolute atomic E-state index is 0.274. The summed E-state index contributed by atoms with van der Waals surface area (Å²) in [4.78, 5) is 6.50. The molecule has 5 nitrogen and oxygen atoms in total. The average Bonchev–Trinajstić information content (AvgIpc) is 2.78. The van der Waals surface area contributed by atoms with Crippen LogP contribution in [0.2, 0.25) is 0 Å². The molecule has 2 heterocycles. The summed E-state index contributed by atoms with van der Waals surface area (Å²) >= 11 is 6.53. The molecule has 1 aromatic heterocycles. The molecule has 0 amide bonds. The molecule has 2 aromatic carbocycles. The second kappa shape index (κ2) is 8.63. The Hall–Kier alpha value is -2.25. The molecule has 29 heavy (non-hydrogen) atoms. The van der Waals surface area contributed by atoms with Crippen LogP contribution in [0, 0.1) is 0 Å². The third kappa shape index (κ3) is 4.36. The van der Waals surface area contributed by atoms with Gasteiger partial charge in [-0.05, 0) is 17.7 Å². The van der Waals surface area contributed by atoms with Crippen molar-refractivity contribution >= 4 is 38.5 Å². The number of alkyl halides is 1. The van der Waals surface area contributed by atoms with Crippen LogP contribution in [-0.2, 0) is 10.0 Å². The third-order valence-corrected chi connectivity index (χ3v) is 7.51. The van der Waals surface area contributed by atoms with Crippen molar-refractivity contribution in [3.05, 3.63) is 78.6 Å². The van der Waals surface area contributed by atoms with Crippen LogP contribution in [0.4, 0.5) is 0 Å². The lowest BCUT2D eigenvalue weighted by Crippen LogP contribution is -2.50. The van der Waals surface area contributed by atoms with Crippen LogP contribution in [0.1, 0.15) is 5.56 Å². The smallest absolute Gasteiger partial charge is 0.243 e. The monoisotopic (exact) mass is 427 g/mol. The molecule has 1 atom stereocenters. The fourth-order valence-electron chi connectivity index (χ4n) is 3.52. The van der Waals surface area contributed by atoms with Crippen molar-refractivity contribution in [3.63, 3.8) is 0 Å². The molecular formula is C22H22ClN3O2S. The number of halogens is 1. The Balaban J connectivity index is 1.45. The maximum atomic E-state index is 13.2. The predicted octanol–water partition coefficient (Wildman–Crippen LogP) is 3.82. The largest absolute Gasteiger partial charge is 0.282 e. The van der Waals surface area contributed by atoms with Gasteiger partial charge in [-0.2, -0.15) is 4.31 Å². The third-order valence-electron chi connectivity index (χ3n) is 5.13. The molecule has 4 rings (SSSR count). The first-order chi connectivity index (χ1) is 14.1. The Bertz CT molecular complexity index is 1110. The molecule has 7 heteroatoms. The van der Waals surface area contributed by atoms with Crippen molar-refractivity contribution in [2.75, 3.05) is 26.2 Å². The Kier molecular flexibility index (Phi) is 5.96. The summed E-state index contributed by atoms with van der Waals surface area (Å²) in [5, 5.41) is 1.52. The quantitative estimate of drug-likeness (QED) is 0.459. The van der Waals surface area contributed by atoms with Gasteiger partial charge in [0.1, 0.15) is 5.50 Å². The van der Waals surface area contributed by atoms with Crippen LogP contribution in [0.5, 0.6) is 0 Å². The SMILES string of the molecule is O=S(=O)(c1cccc2cnccc12)N1CCN(C(Cl)C=Cc2ccccc2)CC1. The van der Waals surface area contributed by atoms with E-state index in [0.717, 1.165) is 10.9 Å². The molecule has 0 spiro atoms. The van der Waals surface area contributed by atoms with E-state index >= 15 is 0 Å². The number of aromatic nitrogens is 1. The van der Waals surface area contributed by atoms with Gasteiger partial charge in [0.25, 0.3) is 0 Å². The van der Waals surface area contributed by atoms with Crippen molar-refractivity contribution in [2.24, 2.45) is 0 Å². The molecule has 0 radical (unpaired) electrons. The zero-order chi connectivity index (χ0) is 20.3. The standard InChI is InChI=1S/C22H22ClN3O2S/c23-22(10-9-18-5-2-1-3-6-18)25-13-15-26(16-14-25)29(27,28)21-8-4-7-19-17-24-12-11-20(19)21/h1-12,17,22H,13-16H2. The lowest BCUT2D eigenvalue weighted by molar-refractivity contribution is 0.190. The first kappa shape index (κ1) is 20.0. The summed E-state index contributed by atoms with van der Waals surface area (Å²) in [6.07, 6.45) is 7.24. The summed E-state index contributed by atoms with van der Waals surface area (Å²) in [6.45, 7) is 1.98. The summed E-state index contributed by atoms with van der Waals surface area (Å²) in [5.74, 6) is 0. The Morgan fingerprint density at radius 3 is 2.48 bits per heavy atom. The lowest BCUT2D eigenvalue weighted by Gasteiger charge is -2.35. The molecule has 0 N–H and O–H groups in total. The molecule has 150 valence electrons. The zero-order valence-electron chi connectivity index (χ0n) is 15.9. The van der Waals surface area contributed by atoms with Gasteiger partial charge in [-0.15, -0.1) is 11.6 Å². The minimum Gasteiger partial charge on any atom is -0.282 e. The van der Waals surface area contributed by atoms with E-state index in [4.69, 9.17) is 11.6 Å². The summed E-state index contributed by atoms with van der Waals surface area (Å²) in [6, 6.07) is 17.0. The van der Waals surface area contributed by atoms with Crippen LogP contribution in [0.3, 0.4) is 0 Å². The summed E-state index contributed by atoms with van der Waals surface area (Å²) < 4.78 is 28.0. The Morgan fingerprint density at radius 1 is 0.966 bits per heavy atom. The lowest BCUT2D eigenvalue weighted by atomic mass is 10.2. The van der Waals surface area contributed by atoms with Crippen molar-refractivity contribution < 1.29 is 8.42 Å². The normalized spacial score (nSPS) is 17.7. The first-order valence-electron chi connectivity index (χ1n) is 9.50. The Morgan fingerprint density at radius 2 is 1.72 bits per heavy atom. The van der Waals surface area contributed by atoms with Gasteiger partial charge in [-0.25, -0.2) is 8.42 Å². The number of nitrogens with zero attached hydrogens (tertiary/aromatic N) is 3. The fraction of sp³-hybridized carbons (Fsp3) is 0.227. The number of pyridine rings is 1. The van der Waals surface area contributed by atoms with Crippen LogP contribution < -0.4 is 0 Å². The van der Waals surface area contributed by atoms with Gasteiger partial charge in [0, 0.05) is 49.3 Å². The van der Waals surface area contributed by atoms with Crippen molar-refractivity contribution in [3.8, 4) is 0 Å². The number of sulfonamides is 1. The molecule has 0 saturated carbocycles. The molecule has 0 aliphatic carbocycles. The maximum Gasteiger partial charge on any atom is 0.243 e. The highest BCUT2D eigenvalue weighted by molar-refractivity contribution is 7.89. The average molecular weight is 428 g/mol. The van der Waals surface area contributed by atoms with Crippen LogP contribution in [-0.4, -0.2) is 54.3 Å². The van der Waals surface area contributed by atoms with Crippen LogP contribution in [0.25, 0.3) is 16.8 Å². The van der Waals surface area contributed by atoms with E-state index in [1.807, 2.05) is 48.6 Å². The first-order valence-corrected chi connectivity index (χ1v) is 11.4. The van der Waals surface area contributed by atoms with Gasteiger partial charge in [-0.3, -0.25) is 9.88 Å². The highest BCUT2D eigenvalue weighted by Crippen LogP contribution is 2.26. The van der Waals surface area contributed by atoms with Gasteiger partial charge in [0.2, 0.25) is 10.0 Å². The van der Waals surface area contributed by atoms with E-state index in [9.17, 15) is 8.42 Å². The molecule has 3 aromatic rings. The van der Waals surface area contributed by atoms with E-state index in [-0.39, 0.29) is 5.50 Å².